The summed E-state index contributed by atoms with van der Waals surface area (Å²) in [4.78, 5) is 12.0. The van der Waals surface area contributed by atoms with Crippen LogP contribution in [0.2, 0.25) is 0 Å². The number of carbonyl (C=O) groups is 1. The normalized spacial score (nSPS) is 16.1. The van der Waals surface area contributed by atoms with E-state index < -0.39 is 21.7 Å². The molecule has 1 aromatic rings. The Morgan fingerprint density at radius 1 is 1.38 bits per heavy atom. The number of hydrogen-bond donors (Lipinski definition) is 1. The van der Waals surface area contributed by atoms with E-state index in [0.29, 0.717) is 32.8 Å². The summed E-state index contributed by atoms with van der Waals surface area (Å²) in [5, 5.41) is 2.55. The first kappa shape index (κ1) is 18.8. The van der Waals surface area contributed by atoms with Gasteiger partial charge in [-0.1, -0.05) is 0 Å². The number of sulfonamides is 1. The fraction of sp³-hybridized carbons (Fsp3) is 0.533. The van der Waals surface area contributed by atoms with Crippen molar-refractivity contribution in [3.05, 3.63) is 29.6 Å². The number of ether oxygens (including phenoxy) is 2. The average molecular weight is 360 g/mol. The van der Waals surface area contributed by atoms with E-state index in [1.54, 1.807) is 7.11 Å². The third-order valence-corrected chi connectivity index (χ3v) is 5.50. The fourth-order valence-corrected chi connectivity index (χ4v) is 3.72. The molecule has 0 atom stereocenters. The summed E-state index contributed by atoms with van der Waals surface area (Å²) < 4.78 is 50.3. The molecular formula is C15H21FN2O5S. The first-order valence-corrected chi connectivity index (χ1v) is 9.05. The maximum atomic E-state index is 13.9. The van der Waals surface area contributed by atoms with Gasteiger partial charge in [0.1, 0.15) is 5.82 Å². The summed E-state index contributed by atoms with van der Waals surface area (Å²) in [6.45, 7) is 1.87. The van der Waals surface area contributed by atoms with Crippen LogP contribution in [0.1, 0.15) is 16.8 Å². The second-order valence-corrected chi connectivity index (χ2v) is 7.20. The fourth-order valence-electron chi connectivity index (χ4n) is 2.29. The maximum absolute atomic E-state index is 13.9. The molecule has 1 aromatic carbocycles. The Kier molecular flexibility index (Phi) is 6.67. The number of amides is 1. The van der Waals surface area contributed by atoms with Crippen molar-refractivity contribution in [3.63, 3.8) is 0 Å². The zero-order valence-corrected chi connectivity index (χ0v) is 14.3. The SMILES string of the molecule is COCCCNC(=O)c1cc(S(=O)(=O)N2CCOCC2)ccc1F. The molecule has 1 fully saturated rings. The molecule has 1 aliphatic rings. The highest BCUT2D eigenvalue weighted by molar-refractivity contribution is 7.89. The van der Waals surface area contributed by atoms with Gasteiger partial charge in [-0.25, -0.2) is 12.8 Å². The Hall–Kier alpha value is -1.55. The van der Waals surface area contributed by atoms with Crippen LogP contribution in [0.25, 0.3) is 0 Å². The van der Waals surface area contributed by atoms with Crippen molar-refractivity contribution in [1.29, 1.82) is 0 Å². The summed E-state index contributed by atoms with van der Waals surface area (Å²) in [6.07, 6.45) is 0.579. The van der Waals surface area contributed by atoms with E-state index in [1.807, 2.05) is 0 Å². The van der Waals surface area contributed by atoms with Gasteiger partial charge >= 0.3 is 0 Å². The van der Waals surface area contributed by atoms with Crippen LogP contribution < -0.4 is 5.32 Å². The zero-order valence-electron chi connectivity index (χ0n) is 13.5. The van der Waals surface area contributed by atoms with Gasteiger partial charge in [0.2, 0.25) is 10.0 Å². The van der Waals surface area contributed by atoms with Crippen molar-refractivity contribution < 1.29 is 27.1 Å². The Morgan fingerprint density at radius 3 is 2.75 bits per heavy atom. The van der Waals surface area contributed by atoms with Crippen molar-refractivity contribution in [2.45, 2.75) is 11.3 Å². The number of hydrogen-bond acceptors (Lipinski definition) is 5. The van der Waals surface area contributed by atoms with Crippen LogP contribution in [0.5, 0.6) is 0 Å². The van der Waals surface area contributed by atoms with Gasteiger partial charge < -0.3 is 14.8 Å². The molecule has 0 spiro atoms. The van der Waals surface area contributed by atoms with Crippen molar-refractivity contribution in [2.75, 3.05) is 46.6 Å². The highest BCUT2D eigenvalue weighted by Gasteiger charge is 2.27. The van der Waals surface area contributed by atoms with Crippen LogP contribution in [0.4, 0.5) is 4.39 Å². The molecule has 2 rings (SSSR count). The molecule has 24 heavy (non-hydrogen) atoms. The largest absolute Gasteiger partial charge is 0.385 e. The molecule has 0 aliphatic carbocycles. The predicted molar refractivity (Wildman–Crippen MR) is 84.8 cm³/mol. The molecule has 1 heterocycles. The Balaban J connectivity index is 2.16. The van der Waals surface area contributed by atoms with Crippen LogP contribution in [-0.4, -0.2) is 65.2 Å². The van der Waals surface area contributed by atoms with Gasteiger partial charge in [0.25, 0.3) is 5.91 Å². The van der Waals surface area contributed by atoms with Gasteiger partial charge in [-0.3, -0.25) is 4.79 Å². The Bertz CT molecular complexity index is 674. The highest BCUT2D eigenvalue weighted by Crippen LogP contribution is 2.20. The molecule has 0 aromatic heterocycles. The minimum Gasteiger partial charge on any atom is -0.385 e. The van der Waals surface area contributed by atoms with Crippen LogP contribution >= 0.6 is 0 Å². The molecule has 1 N–H and O–H groups in total. The van der Waals surface area contributed by atoms with Crippen LogP contribution in [0.3, 0.4) is 0 Å². The van der Waals surface area contributed by atoms with Crippen molar-refractivity contribution >= 4 is 15.9 Å². The highest BCUT2D eigenvalue weighted by atomic mass is 32.2. The third kappa shape index (κ3) is 4.50. The summed E-state index contributed by atoms with van der Waals surface area (Å²) in [5.74, 6) is -1.41. The van der Waals surface area contributed by atoms with E-state index in [4.69, 9.17) is 9.47 Å². The average Bonchev–Trinajstić information content (AvgIpc) is 2.59. The molecule has 1 saturated heterocycles. The lowest BCUT2D eigenvalue weighted by Crippen LogP contribution is -2.40. The Morgan fingerprint density at radius 2 is 2.08 bits per heavy atom. The van der Waals surface area contributed by atoms with Gasteiger partial charge in [0.05, 0.1) is 23.7 Å². The lowest BCUT2D eigenvalue weighted by Gasteiger charge is -2.26. The summed E-state index contributed by atoms with van der Waals surface area (Å²) in [7, 11) is -2.23. The number of nitrogens with zero attached hydrogens (tertiary/aromatic N) is 1. The molecular weight excluding hydrogens is 339 g/mol. The second-order valence-electron chi connectivity index (χ2n) is 5.26. The number of benzene rings is 1. The molecule has 1 amide bonds. The number of halogens is 1. The second kappa shape index (κ2) is 8.52. The van der Waals surface area contributed by atoms with Crippen molar-refractivity contribution in [2.24, 2.45) is 0 Å². The van der Waals surface area contributed by atoms with E-state index in [2.05, 4.69) is 5.32 Å². The number of nitrogens with one attached hydrogen (secondary N) is 1. The molecule has 134 valence electrons. The first-order chi connectivity index (χ1) is 11.5. The molecule has 0 unspecified atom stereocenters. The van der Waals surface area contributed by atoms with Gasteiger partial charge in [0, 0.05) is 33.4 Å². The predicted octanol–water partition coefficient (Wildman–Crippen LogP) is 0.613. The molecule has 1 aliphatic heterocycles. The van der Waals surface area contributed by atoms with Crippen LogP contribution in [-0.2, 0) is 19.5 Å². The maximum Gasteiger partial charge on any atom is 0.254 e. The minimum absolute atomic E-state index is 0.104. The summed E-state index contributed by atoms with van der Waals surface area (Å²) in [6, 6.07) is 3.24. The minimum atomic E-state index is -3.78. The van der Waals surface area contributed by atoms with E-state index in [0.717, 1.165) is 12.1 Å². The topological polar surface area (TPSA) is 84.9 Å². The van der Waals surface area contributed by atoms with Gasteiger partial charge in [-0.15, -0.1) is 0 Å². The number of rotatable bonds is 7. The Labute approximate surface area is 140 Å². The lowest BCUT2D eigenvalue weighted by atomic mass is 10.2. The number of morpholine rings is 1. The van der Waals surface area contributed by atoms with Gasteiger partial charge in [0.15, 0.2) is 0 Å². The first-order valence-electron chi connectivity index (χ1n) is 7.61. The van der Waals surface area contributed by atoms with E-state index in [9.17, 15) is 17.6 Å². The van der Waals surface area contributed by atoms with Crippen LogP contribution in [0.15, 0.2) is 23.1 Å². The quantitative estimate of drug-likeness (QED) is 0.721. The lowest BCUT2D eigenvalue weighted by molar-refractivity contribution is 0.0730. The number of carbonyl (C=O) groups excluding carboxylic acids is 1. The zero-order chi connectivity index (χ0) is 17.6. The monoisotopic (exact) mass is 360 g/mol. The number of methoxy groups -OCH3 is 1. The summed E-state index contributed by atoms with van der Waals surface area (Å²) >= 11 is 0. The molecule has 0 saturated carbocycles. The van der Waals surface area contributed by atoms with Crippen LogP contribution in [0, 0.1) is 5.82 Å². The third-order valence-electron chi connectivity index (χ3n) is 3.60. The van der Waals surface area contributed by atoms with Gasteiger partial charge in [-0.05, 0) is 24.6 Å². The van der Waals surface area contributed by atoms with E-state index >= 15 is 0 Å². The molecule has 9 heteroatoms. The van der Waals surface area contributed by atoms with Crippen molar-refractivity contribution in [3.8, 4) is 0 Å². The van der Waals surface area contributed by atoms with Crippen molar-refractivity contribution in [1.82, 2.24) is 9.62 Å². The molecule has 0 bridgehead atoms. The molecule has 7 nitrogen and oxygen atoms in total. The van der Waals surface area contributed by atoms with Gasteiger partial charge in [-0.2, -0.15) is 4.31 Å². The molecule has 0 radical (unpaired) electrons. The summed E-state index contributed by atoms with van der Waals surface area (Å²) in [5.41, 5.74) is -0.290. The smallest absolute Gasteiger partial charge is 0.254 e. The van der Waals surface area contributed by atoms with E-state index in [1.165, 1.54) is 10.4 Å². The van der Waals surface area contributed by atoms with E-state index in [-0.39, 0.29) is 23.5 Å². The standard InChI is InChI=1S/C15H21FN2O5S/c1-22-8-2-5-17-15(19)13-11-12(3-4-14(13)16)24(20,21)18-6-9-23-10-7-18/h3-4,11H,2,5-10H2,1H3,(H,17,19).